The topological polar surface area (TPSA) is 84.9 Å². The van der Waals surface area contributed by atoms with Crippen molar-refractivity contribution in [2.24, 2.45) is 5.73 Å². The summed E-state index contributed by atoms with van der Waals surface area (Å²) in [5.41, 5.74) is 7.11. The van der Waals surface area contributed by atoms with Crippen LogP contribution >= 0.6 is 15.9 Å². The maximum absolute atomic E-state index is 10.3. The van der Waals surface area contributed by atoms with E-state index >= 15 is 0 Å². The molecule has 2 rings (SSSR count). The second kappa shape index (κ2) is 5.66. The highest BCUT2D eigenvalue weighted by Crippen LogP contribution is 2.43. The predicted octanol–water partition coefficient (Wildman–Crippen LogP) is 1.13. The minimum Gasteiger partial charge on any atom is -0.496 e. The van der Waals surface area contributed by atoms with E-state index in [-0.39, 0.29) is 6.61 Å². The Morgan fingerprint density at radius 3 is 2.84 bits per heavy atom. The lowest BCUT2D eigenvalue weighted by Gasteiger charge is -2.29. The molecule has 0 saturated heterocycles. The number of aliphatic hydroxyl groups is 2. The number of nitrogens with two attached hydrogens (primary N) is 1. The van der Waals surface area contributed by atoms with Gasteiger partial charge in [0, 0.05) is 23.6 Å². The largest absolute Gasteiger partial charge is 0.496 e. The summed E-state index contributed by atoms with van der Waals surface area (Å²) >= 11 is 3.41. The summed E-state index contributed by atoms with van der Waals surface area (Å²) in [4.78, 5) is 0. The highest BCUT2D eigenvalue weighted by Gasteiger charge is 2.30. The molecule has 6 heteroatoms. The molecular weight excluding hydrogens is 314 g/mol. The van der Waals surface area contributed by atoms with E-state index < -0.39 is 18.2 Å². The van der Waals surface area contributed by atoms with E-state index in [9.17, 15) is 10.2 Å². The summed E-state index contributed by atoms with van der Waals surface area (Å²) in [6, 6.07) is 1.30. The summed E-state index contributed by atoms with van der Waals surface area (Å²) in [7, 11) is 1.53. The van der Waals surface area contributed by atoms with E-state index in [4.69, 9.17) is 15.2 Å². The molecule has 0 amide bonds. The van der Waals surface area contributed by atoms with E-state index in [1.165, 1.54) is 7.11 Å². The Balaban J connectivity index is 2.61. The van der Waals surface area contributed by atoms with Gasteiger partial charge in [-0.1, -0.05) is 0 Å². The van der Waals surface area contributed by atoms with Crippen molar-refractivity contribution in [2.45, 2.75) is 31.6 Å². The fraction of sp³-hybridized carbons (Fsp3) is 0.538. The number of aliphatic hydroxyl groups excluding tert-OH is 2. The van der Waals surface area contributed by atoms with Crippen LogP contribution in [0.3, 0.4) is 0 Å². The lowest BCUT2D eigenvalue weighted by atomic mass is 9.92. The van der Waals surface area contributed by atoms with Gasteiger partial charge in [-0.3, -0.25) is 0 Å². The van der Waals surface area contributed by atoms with Crippen molar-refractivity contribution in [1.29, 1.82) is 0 Å². The second-order valence-electron chi connectivity index (χ2n) is 4.75. The van der Waals surface area contributed by atoms with Crippen molar-refractivity contribution in [1.82, 2.24) is 0 Å². The fourth-order valence-electron chi connectivity index (χ4n) is 2.26. The quantitative estimate of drug-likeness (QED) is 0.773. The highest BCUT2D eigenvalue weighted by atomic mass is 79.9. The van der Waals surface area contributed by atoms with Gasteiger partial charge in [-0.05, 0) is 28.9 Å². The van der Waals surface area contributed by atoms with Gasteiger partial charge in [0.15, 0.2) is 0 Å². The normalized spacial score (nSPS) is 21.3. The molecule has 0 bridgehead atoms. The molecule has 2 unspecified atom stereocenters. The molecule has 1 aromatic rings. The van der Waals surface area contributed by atoms with Crippen molar-refractivity contribution in [3.05, 3.63) is 21.7 Å². The zero-order chi connectivity index (χ0) is 14.2. The Bertz CT molecular complexity index is 478. The molecule has 0 radical (unpaired) electrons. The molecule has 1 aliphatic heterocycles. The molecule has 1 heterocycles. The van der Waals surface area contributed by atoms with Crippen LogP contribution in [0.5, 0.6) is 11.5 Å². The van der Waals surface area contributed by atoms with Crippen molar-refractivity contribution in [2.75, 3.05) is 13.7 Å². The fourth-order valence-corrected chi connectivity index (χ4v) is 2.82. The molecule has 3 atom stereocenters. The second-order valence-corrected chi connectivity index (χ2v) is 5.61. The summed E-state index contributed by atoms with van der Waals surface area (Å²) < 4.78 is 11.6. The number of benzene rings is 1. The van der Waals surface area contributed by atoms with Crippen LogP contribution in [0.25, 0.3) is 0 Å². The first-order valence-electron chi connectivity index (χ1n) is 6.09. The molecule has 106 valence electrons. The Morgan fingerprint density at radius 1 is 1.58 bits per heavy atom. The maximum Gasteiger partial charge on any atom is 0.137 e. The van der Waals surface area contributed by atoms with Gasteiger partial charge in [-0.25, -0.2) is 0 Å². The SMILES string of the molecule is COc1cc(Br)c2c(c1C(O)[C@@H](C)N)CC(O)CO2. The summed E-state index contributed by atoms with van der Waals surface area (Å²) in [5.74, 6) is 1.17. The van der Waals surface area contributed by atoms with E-state index in [1.807, 2.05) is 0 Å². The van der Waals surface area contributed by atoms with Gasteiger partial charge in [0.2, 0.25) is 0 Å². The molecule has 5 nitrogen and oxygen atoms in total. The van der Waals surface area contributed by atoms with Gasteiger partial charge in [-0.2, -0.15) is 0 Å². The standard InChI is InChI=1S/C13H18BrNO4/c1-6(15)12(17)11-8-3-7(16)5-19-13(8)9(14)4-10(11)18-2/h4,6-7,12,16-17H,3,5,15H2,1-2H3/t6-,7?,12?/m1/s1. The van der Waals surface area contributed by atoms with E-state index in [1.54, 1.807) is 13.0 Å². The first kappa shape index (κ1) is 14.6. The zero-order valence-electron chi connectivity index (χ0n) is 10.9. The monoisotopic (exact) mass is 331 g/mol. The van der Waals surface area contributed by atoms with Crippen LogP contribution in [0.2, 0.25) is 0 Å². The van der Waals surface area contributed by atoms with Crippen molar-refractivity contribution >= 4 is 15.9 Å². The molecule has 0 aromatic heterocycles. The Labute approximate surface area is 120 Å². The van der Waals surface area contributed by atoms with Crippen molar-refractivity contribution in [3.63, 3.8) is 0 Å². The van der Waals surface area contributed by atoms with Crippen LogP contribution in [0.4, 0.5) is 0 Å². The van der Waals surface area contributed by atoms with Gasteiger partial charge in [-0.15, -0.1) is 0 Å². The van der Waals surface area contributed by atoms with E-state index in [2.05, 4.69) is 15.9 Å². The third kappa shape index (κ3) is 2.72. The van der Waals surface area contributed by atoms with E-state index in [0.717, 1.165) is 10.0 Å². The molecule has 0 aliphatic carbocycles. The van der Waals surface area contributed by atoms with Gasteiger partial charge in [0.25, 0.3) is 0 Å². The van der Waals surface area contributed by atoms with Crippen molar-refractivity contribution < 1.29 is 19.7 Å². The summed E-state index contributed by atoms with van der Waals surface area (Å²) in [6.45, 7) is 1.96. The van der Waals surface area contributed by atoms with E-state index in [0.29, 0.717) is 23.5 Å². The molecule has 1 aliphatic rings. The van der Waals surface area contributed by atoms with Crippen LogP contribution in [-0.4, -0.2) is 36.1 Å². The van der Waals surface area contributed by atoms with Gasteiger partial charge >= 0.3 is 0 Å². The molecule has 0 saturated carbocycles. The maximum atomic E-state index is 10.3. The lowest BCUT2D eigenvalue weighted by molar-refractivity contribution is 0.0874. The molecule has 0 fully saturated rings. The number of hydrogen-bond donors (Lipinski definition) is 3. The Kier molecular flexibility index (Phi) is 4.35. The van der Waals surface area contributed by atoms with Gasteiger partial charge < -0.3 is 25.4 Å². The van der Waals surface area contributed by atoms with Gasteiger partial charge in [0.05, 0.1) is 23.8 Å². The third-order valence-electron chi connectivity index (χ3n) is 3.21. The third-order valence-corrected chi connectivity index (χ3v) is 3.80. The van der Waals surface area contributed by atoms with Crippen molar-refractivity contribution in [3.8, 4) is 11.5 Å². The van der Waals surface area contributed by atoms with Crippen LogP contribution in [-0.2, 0) is 6.42 Å². The summed E-state index contributed by atoms with van der Waals surface area (Å²) in [5, 5.41) is 20.0. The molecule has 0 spiro atoms. The number of hydrogen-bond acceptors (Lipinski definition) is 5. The minimum atomic E-state index is -0.870. The van der Waals surface area contributed by atoms with Crippen LogP contribution in [0.15, 0.2) is 10.5 Å². The first-order valence-corrected chi connectivity index (χ1v) is 6.88. The molecule has 19 heavy (non-hydrogen) atoms. The minimum absolute atomic E-state index is 0.242. The Morgan fingerprint density at radius 2 is 2.26 bits per heavy atom. The highest BCUT2D eigenvalue weighted by molar-refractivity contribution is 9.10. The first-order chi connectivity index (χ1) is 8.95. The van der Waals surface area contributed by atoms with Crippen LogP contribution in [0, 0.1) is 0 Å². The molecular formula is C13H18BrNO4. The number of methoxy groups -OCH3 is 1. The Hall–Kier alpha value is -0.820. The average Bonchev–Trinajstić information content (AvgIpc) is 2.37. The average molecular weight is 332 g/mol. The van der Waals surface area contributed by atoms with Crippen LogP contribution in [0.1, 0.15) is 24.2 Å². The molecule has 4 N–H and O–H groups in total. The number of rotatable bonds is 3. The number of fused-ring (bicyclic) bond motifs is 1. The predicted molar refractivity (Wildman–Crippen MR) is 74.5 cm³/mol. The van der Waals surface area contributed by atoms with Crippen LogP contribution < -0.4 is 15.2 Å². The van der Waals surface area contributed by atoms with Gasteiger partial charge in [0.1, 0.15) is 18.1 Å². The number of ether oxygens (including phenoxy) is 2. The lowest BCUT2D eigenvalue weighted by Crippen LogP contribution is -2.30. The zero-order valence-corrected chi connectivity index (χ0v) is 12.5. The molecule has 1 aromatic carbocycles. The summed E-state index contributed by atoms with van der Waals surface area (Å²) in [6.07, 6.45) is -1.05. The smallest absolute Gasteiger partial charge is 0.137 e. The number of halogens is 1.